The molecule has 4 nitrogen and oxygen atoms in total. The van der Waals surface area contributed by atoms with Crippen molar-refractivity contribution in [2.24, 2.45) is 5.92 Å². The summed E-state index contributed by atoms with van der Waals surface area (Å²) in [7, 11) is 0. The molecular weight excluding hydrogens is 347 g/mol. The number of rotatable bonds is 8. The van der Waals surface area contributed by atoms with E-state index < -0.39 is 5.97 Å². The number of nitrogens with zero attached hydrogens (tertiary/aromatic N) is 2. The van der Waals surface area contributed by atoms with Crippen LogP contribution in [0.4, 0.5) is 0 Å². The molecule has 1 aliphatic rings. The van der Waals surface area contributed by atoms with Crippen LogP contribution in [0.1, 0.15) is 42.9 Å². The molecule has 1 aliphatic heterocycles. The van der Waals surface area contributed by atoms with E-state index in [1.54, 1.807) is 0 Å². The van der Waals surface area contributed by atoms with Crippen molar-refractivity contribution >= 4 is 35.5 Å². The Morgan fingerprint density at radius 3 is 2.70 bits per heavy atom. The van der Waals surface area contributed by atoms with Crippen molar-refractivity contribution in [2.75, 3.05) is 6.54 Å². The summed E-state index contributed by atoms with van der Waals surface area (Å²) in [6, 6.07) is 15.2. The Bertz CT molecular complexity index is 722. The minimum atomic E-state index is -0.736. The van der Waals surface area contributed by atoms with Crippen molar-refractivity contribution in [1.82, 2.24) is 9.88 Å². The number of carboxylic acid groups (broad SMARTS) is 1. The predicted molar refractivity (Wildman–Crippen MR) is 110 cm³/mol. The van der Waals surface area contributed by atoms with Crippen LogP contribution in [-0.2, 0) is 11.3 Å². The van der Waals surface area contributed by atoms with Gasteiger partial charge in [-0.25, -0.2) is 0 Å². The molecule has 0 spiro atoms. The molecule has 5 heteroatoms. The molecule has 2 atom stereocenters. The molecule has 2 heterocycles. The Morgan fingerprint density at radius 2 is 2.00 bits per heavy atom. The van der Waals surface area contributed by atoms with Crippen LogP contribution in [0.25, 0.3) is 0 Å². The van der Waals surface area contributed by atoms with Gasteiger partial charge in [0.15, 0.2) is 0 Å². The minimum absolute atomic E-state index is 0. The molecule has 2 aromatic rings. The maximum atomic E-state index is 10.6. The fourth-order valence-electron chi connectivity index (χ4n) is 3.81. The normalized spacial score (nSPS) is 19.9. The Hall–Kier alpha value is -1.46. The number of hydrogen-bond donors (Lipinski definition) is 1. The summed E-state index contributed by atoms with van der Waals surface area (Å²) in [5.74, 6) is -0.185. The maximum absolute atomic E-state index is 10.6. The van der Waals surface area contributed by atoms with Crippen molar-refractivity contribution in [1.29, 1.82) is 0 Å². The predicted octanol–water partition coefficient (Wildman–Crippen LogP) is 3.81. The van der Waals surface area contributed by atoms with Crippen molar-refractivity contribution in [3.8, 4) is 0 Å². The van der Waals surface area contributed by atoms with Gasteiger partial charge in [0.1, 0.15) is 0 Å². The fraction of sp³-hybridized carbons (Fsp3) is 0.364. The quantitative estimate of drug-likeness (QED) is 0.564. The molecule has 3 rings (SSSR count). The second-order valence-electron chi connectivity index (χ2n) is 6.88. The SMILES string of the molecule is O=C(O)CC/C=C\CC1CCN(Cc2cccnc2)C1c1ccccc1.[NaH]. The topological polar surface area (TPSA) is 53.4 Å². The Balaban J connectivity index is 0.00000261. The van der Waals surface area contributed by atoms with E-state index in [1.807, 2.05) is 24.5 Å². The first kappa shape index (κ1) is 21.8. The number of carboxylic acids is 1. The van der Waals surface area contributed by atoms with Gasteiger partial charge in [0.05, 0.1) is 0 Å². The third kappa shape index (κ3) is 6.58. The molecule has 0 bridgehead atoms. The van der Waals surface area contributed by atoms with Gasteiger partial charge in [0.25, 0.3) is 0 Å². The fourth-order valence-corrected chi connectivity index (χ4v) is 3.81. The number of likely N-dealkylation sites (tertiary alicyclic amines) is 1. The van der Waals surface area contributed by atoms with Crippen molar-refractivity contribution in [3.63, 3.8) is 0 Å². The van der Waals surface area contributed by atoms with Crippen LogP contribution in [0.5, 0.6) is 0 Å². The van der Waals surface area contributed by atoms with Gasteiger partial charge in [-0.05, 0) is 48.9 Å². The number of benzene rings is 1. The van der Waals surface area contributed by atoms with Gasteiger partial charge >= 0.3 is 35.5 Å². The molecule has 2 unspecified atom stereocenters. The summed E-state index contributed by atoms with van der Waals surface area (Å²) >= 11 is 0. The zero-order chi connectivity index (χ0) is 18.2. The number of aromatic nitrogens is 1. The molecule has 1 saturated heterocycles. The Labute approximate surface area is 183 Å². The molecule has 138 valence electrons. The van der Waals surface area contributed by atoms with Crippen LogP contribution < -0.4 is 0 Å². The molecule has 0 radical (unpaired) electrons. The van der Waals surface area contributed by atoms with Crippen LogP contribution in [0.15, 0.2) is 67.0 Å². The molecule has 0 aliphatic carbocycles. The van der Waals surface area contributed by atoms with E-state index in [9.17, 15) is 4.79 Å². The summed E-state index contributed by atoms with van der Waals surface area (Å²) in [5.41, 5.74) is 2.60. The molecule has 1 aromatic heterocycles. The van der Waals surface area contributed by atoms with Gasteiger partial charge in [-0.3, -0.25) is 14.7 Å². The van der Waals surface area contributed by atoms with E-state index in [0.717, 1.165) is 25.9 Å². The standard InChI is InChI=1S/C22H26N2O2.Na.H/c25-21(26)12-6-2-5-11-20-13-15-24(17-18-8-7-14-23-16-18)22(20)19-9-3-1-4-10-19;;/h1-5,7-10,14,16,20,22H,6,11-13,15,17H2,(H,25,26);;/b5-2-;;. The van der Waals surface area contributed by atoms with Crippen LogP contribution >= 0.6 is 0 Å². The van der Waals surface area contributed by atoms with Crippen molar-refractivity contribution in [3.05, 3.63) is 78.1 Å². The van der Waals surface area contributed by atoms with Gasteiger partial charge in [-0.15, -0.1) is 0 Å². The molecule has 27 heavy (non-hydrogen) atoms. The van der Waals surface area contributed by atoms with Crippen LogP contribution in [0, 0.1) is 5.92 Å². The van der Waals surface area contributed by atoms with Gasteiger partial charge in [0, 0.05) is 31.4 Å². The third-order valence-corrected chi connectivity index (χ3v) is 5.01. The van der Waals surface area contributed by atoms with Crippen LogP contribution in [0.3, 0.4) is 0 Å². The Kier molecular flexibility index (Phi) is 9.22. The van der Waals surface area contributed by atoms with Gasteiger partial charge < -0.3 is 5.11 Å². The van der Waals surface area contributed by atoms with Crippen LogP contribution in [-0.4, -0.2) is 57.1 Å². The van der Waals surface area contributed by atoms with Gasteiger partial charge in [-0.1, -0.05) is 48.6 Å². The molecule has 0 amide bonds. The van der Waals surface area contributed by atoms with Gasteiger partial charge in [0.2, 0.25) is 0 Å². The zero-order valence-corrected chi connectivity index (χ0v) is 15.0. The Morgan fingerprint density at radius 1 is 1.19 bits per heavy atom. The van der Waals surface area contributed by atoms with Gasteiger partial charge in [-0.2, -0.15) is 0 Å². The summed E-state index contributed by atoms with van der Waals surface area (Å²) in [6.45, 7) is 1.98. The monoisotopic (exact) mass is 374 g/mol. The van der Waals surface area contributed by atoms with Crippen molar-refractivity contribution < 1.29 is 9.90 Å². The van der Waals surface area contributed by atoms with E-state index in [4.69, 9.17) is 5.11 Å². The summed E-state index contributed by atoms with van der Waals surface area (Å²) in [4.78, 5) is 17.4. The average Bonchev–Trinajstić information content (AvgIpc) is 3.05. The number of hydrogen-bond acceptors (Lipinski definition) is 3. The first-order valence-electron chi connectivity index (χ1n) is 9.28. The second kappa shape index (κ2) is 11.4. The second-order valence-corrected chi connectivity index (χ2v) is 6.88. The van der Waals surface area contributed by atoms with Crippen LogP contribution in [0.2, 0.25) is 0 Å². The third-order valence-electron chi connectivity index (χ3n) is 5.01. The van der Waals surface area contributed by atoms with E-state index >= 15 is 0 Å². The molecular formula is C22H27N2NaO2. The molecule has 1 aromatic carbocycles. The van der Waals surface area contributed by atoms with E-state index in [0.29, 0.717) is 18.4 Å². The molecule has 1 N–H and O–H groups in total. The number of pyridine rings is 1. The van der Waals surface area contributed by atoms with E-state index in [2.05, 4.69) is 52.4 Å². The molecule has 1 fully saturated rings. The van der Waals surface area contributed by atoms with E-state index in [1.165, 1.54) is 11.1 Å². The summed E-state index contributed by atoms with van der Waals surface area (Å²) in [6.07, 6.45) is 10.9. The first-order chi connectivity index (χ1) is 12.7. The number of carbonyl (C=O) groups is 1. The van der Waals surface area contributed by atoms with E-state index in [-0.39, 0.29) is 36.0 Å². The average molecular weight is 374 g/mol. The summed E-state index contributed by atoms with van der Waals surface area (Å²) in [5, 5.41) is 8.74. The first-order valence-corrected chi connectivity index (χ1v) is 9.28. The molecule has 0 saturated carbocycles. The van der Waals surface area contributed by atoms with Crippen molar-refractivity contribution in [2.45, 2.75) is 38.3 Å². The summed E-state index contributed by atoms with van der Waals surface area (Å²) < 4.78 is 0. The number of aliphatic carboxylic acids is 1. The zero-order valence-electron chi connectivity index (χ0n) is 15.0. The number of allylic oxidation sites excluding steroid dienone is 2.